The van der Waals surface area contributed by atoms with Crippen LogP contribution in [0.4, 0.5) is 5.82 Å². The number of aliphatic hydroxyl groups is 1. The van der Waals surface area contributed by atoms with Gasteiger partial charge in [0.05, 0.1) is 29.2 Å². The number of hydrogen-bond donors (Lipinski definition) is 2. The Morgan fingerprint density at radius 3 is 2.61 bits per heavy atom. The molecule has 38 heavy (non-hydrogen) atoms. The van der Waals surface area contributed by atoms with E-state index in [2.05, 4.69) is 29.2 Å². The molecule has 0 fully saturated rings. The maximum atomic E-state index is 10.1. The number of hydrogen-bond acceptors (Lipinski definition) is 9. The molecule has 4 aromatic rings. The highest BCUT2D eigenvalue weighted by molar-refractivity contribution is 5.76. The fourth-order valence-corrected chi connectivity index (χ4v) is 5.05. The van der Waals surface area contributed by atoms with Crippen LogP contribution in [0.1, 0.15) is 39.5 Å². The summed E-state index contributed by atoms with van der Waals surface area (Å²) in [5, 5.41) is 21.9. The van der Waals surface area contributed by atoms with Crippen LogP contribution in [0.5, 0.6) is 5.75 Å². The predicted octanol–water partition coefficient (Wildman–Crippen LogP) is 3.55. The van der Waals surface area contributed by atoms with Gasteiger partial charge in [0, 0.05) is 42.5 Å². The van der Waals surface area contributed by atoms with E-state index in [4.69, 9.17) is 24.3 Å². The van der Waals surface area contributed by atoms with Crippen molar-refractivity contribution in [2.24, 2.45) is 7.05 Å². The summed E-state index contributed by atoms with van der Waals surface area (Å²) in [6, 6.07) is 5.84. The number of nitrogens with zero attached hydrogens (tertiary/aromatic N) is 6. The fraction of sp³-hybridized carbons (Fsp3) is 0.429. The molecule has 0 bridgehead atoms. The van der Waals surface area contributed by atoms with Crippen LogP contribution in [0.25, 0.3) is 22.6 Å². The molecule has 0 amide bonds. The third kappa shape index (κ3) is 4.65. The van der Waals surface area contributed by atoms with Crippen molar-refractivity contribution in [3.63, 3.8) is 0 Å². The summed E-state index contributed by atoms with van der Waals surface area (Å²) < 4.78 is 13.4. The largest absolute Gasteiger partial charge is 0.491 e. The van der Waals surface area contributed by atoms with Gasteiger partial charge in [-0.05, 0) is 59.4 Å². The first-order valence-corrected chi connectivity index (χ1v) is 12.8. The molecule has 1 atom stereocenters. The molecule has 3 aromatic heterocycles. The van der Waals surface area contributed by atoms with Crippen molar-refractivity contribution in [2.45, 2.75) is 53.8 Å². The van der Waals surface area contributed by atoms with Crippen molar-refractivity contribution >= 4 is 5.82 Å². The number of ether oxygens (including phenoxy) is 1. The Balaban J connectivity index is 1.60. The standard InChI is InChI=1S/C28H35N7O3/c1-15-8-9-21(37-14-20(36)11-29-6)10-22(15)27-30-26(25-17(3)33-38-19(25)5)16(2)28(31-27)35-12-23-18(4)34(7)32-24(23)13-35/h8-10,20,29,36H,11-14H2,1-7H3/t20-/m1/s1. The Morgan fingerprint density at radius 1 is 1.13 bits per heavy atom. The minimum Gasteiger partial charge on any atom is -0.491 e. The molecule has 200 valence electrons. The second-order valence-electron chi connectivity index (χ2n) is 10.0. The second-order valence-corrected chi connectivity index (χ2v) is 10.0. The van der Waals surface area contributed by atoms with E-state index in [0.717, 1.165) is 57.5 Å². The van der Waals surface area contributed by atoms with Gasteiger partial charge in [-0.2, -0.15) is 5.10 Å². The lowest BCUT2D eigenvalue weighted by Crippen LogP contribution is -2.29. The molecule has 0 radical (unpaired) electrons. The average molecular weight is 518 g/mol. The first-order chi connectivity index (χ1) is 18.2. The lowest BCUT2D eigenvalue weighted by atomic mass is 10.0. The van der Waals surface area contributed by atoms with Crippen molar-refractivity contribution in [1.82, 2.24) is 30.2 Å². The first kappa shape index (κ1) is 25.9. The number of rotatable bonds is 8. The van der Waals surface area contributed by atoms with Crippen LogP contribution in [0.3, 0.4) is 0 Å². The summed E-state index contributed by atoms with van der Waals surface area (Å²) in [6.07, 6.45) is -0.604. The third-order valence-electron chi connectivity index (χ3n) is 7.25. The summed E-state index contributed by atoms with van der Waals surface area (Å²) in [6.45, 7) is 12.1. The molecule has 10 heteroatoms. The topological polar surface area (TPSA) is 114 Å². The van der Waals surface area contributed by atoms with Crippen LogP contribution in [-0.2, 0) is 20.1 Å². The zero-order valence-corrected chi connectivity index (χ0v) is 23.1. The zero-order chi connectivity index (χ0) is 27.1. The normalized spacial score (nSPS) is 13.7. The number of anilines is 1. The van der Waals surface area contributed by atoms with Gasteiger partial charge < -0.3 is 24.6 Å². The van der Waals surface area contributed by atoms with E-state index < -0.39 is 6.10 Å². The molecule has 0 saturated heterocycles. The van der Waals surface area contributed by atoms with Gasteiger partial charge in [0.25, 0.3) is 0 Å². The van der Waals surface area contributed by atoms with Crippen molar-refractivity contribution in [3.8, 4) is 28.4 Å². The lowest BCUT2D eigenvalue weighted by molar-refractivity contribution is 0.108. The number of benzene rings is 1. The summed E-state index contributed by atoms with van der Waals surface area (Å²) in [7, 11) is 3.78. The molecule has 5 rings (SSSR count). The van der Waals surface area contributed by atoms with E-state index in [1.54, 1.807) is 7.05 Å². The number of aryl methyl sites for hydroxylation is 4. The Bertz CT molecular complexity index is 1470. The maximum Gasteiger partial charge on any atom is 0.162 e. The molecule has 2 N–H and O–H groups in total. The summed E-state index contributed by atoms with van der Waals surface area (Å²) in [5.74, 6) is 2.83. The SMILES string of the molecule is CNC[C@@H](O)COc1ccc(C)c(-c2nc(-c3c(C)noc3C)c(C)c(N3Cc4nn(C)c(C)c4C3)n2)c1. The van der Waals surface area contributed by atoms with Crippen molar-refractivity contribution < 1.29 is 14.4 Å². The molecule has 0 spiro atoms. The number of likely N-dealkylation sites (N-methyl/N-ethyl adjacent to an activating group) is 1. The number of fused-ring (bicyclic) bond motifs is 1. The Labute approximate surface area is 222 Å². The zero-order valence-electron chi connectivity index (χ0n) is 23.1. The fourth-order valence-electron chi connectivity index (χ4n) is 5.05. The van der Waals surface area contributed by atoms with E-state index in [9.17, 15) is 5.11 Å². The van der Waals surface area contributed by atoms with E-state index in [0.29, 0.717) is 24.7 Å². The molecule has 1 aromatic carbocycles. The Morgan fingerprint density at radius 2 is 1.92 bits per heavy atom. The van der Waals surface area contributed by atoms with Gasteiger partial charge in [-0.25, -0.2) is 9.97 Å². The summed E-state index contributed by atoms with van der Waals surface area (Å²) in [5.41, 5.74) is 8.83. The van der Waals surface area contributed by atoms with E-state index in [1.807, 2.05) is 50.7 Å². The van der Waals surface area contributed by atoms with Gasteiger partial charge in [-0.3, -0.25) is 4.68 Å². The summed E-state index contributed by atoms with van der Waals surface area (Å²) in [4.78, 5) is 12.4. The number of aromatic nitrogens is 5. The smallest absolute Gasteiger partial charge is 0.162 e. The first-order valence-electron chi connectivity index (χ1n) is 12.8. The highest BCUT2D eigenvalue weighted by Gasteiger charge is 2.30. The van der Waals surface area contributed by atoms with Crippen LogP contribution in [0, 0.1) is 34.6 Å². The van der Waals surface area contributed by atoms with Crippen LogP contribution in [0.15, 0.2) is 22.7 Å². The second kappa shape index (κ2) is 10.2. The van der Waals surface area contributed by atoms with Crippen molar-refractivity contribution in [1.29, 1.82) is 0 Å². The minimum absolute atomic E-state index is 0.187. The van der Waals surface area contributed by atoms with E-state index in [-0.39, 0.29) is 6.61 Å². The van der Waals surface area contributed by atoms with E-state index in [1.165, 1.54) is 11.3 Å². The number of nitrogens with one attached hydrogen (secondary N) is 1. The van der Waals surface area contributed by atoms with Gasteiger partial charge in [0.2, 0.25) is 0 Å². The van der Waals surface area contributed by atoms with Gasteiger partial charge in [0.15, 0.2) is 5.82 Å². The van der Waals surface area contributed by atoms with Crippen LogP contribution >= 0.6 is 0 Å². The predicted molar refractivity (Wildman–Crippen MR) is 145 cm³/mol. The molecule has 0 unspecified atom stereocenters. The van der Waals surface area contributed by atoms with Crippen LogP contribution in [-0.4, -0.2) is 56.3 Å². The molecule has 0 saturated carbocycles. The molecular formula is C28H35N7O3. The van der Waals surface area contributed by atoms with Crippen molar-refractivity contribution in [2.75, 3.05) is 25.1 Å². The molecule has 0 aliphatic carbocycles. The maximum absolute atomic E-state index is 10.1. The molecule has 1 aliphatic heterocycles. The van der Waals surface area contributed by atoms with Crippen LogP contribution in [0.2, 0.25) is 0 Å². The Kier molecular flexibility index (Phi) is 6.93. The van der Waals surface area contributed by atoms with Gasteiger partial charge >= 0.3 is 0 Å². The monoisotopic (exact) mass is 517 g/mol. The lowest BCUT2D eigenvalue weighted by Gasteiger charge is -2.22. The van der Waals surface area contributed by atoms with Crippen molar-refractivity contribution in [3.05, 3.63) is 57.7 Å². The Hall–Kier alpha value is -3.76. The molecule has 4 heterocycles. The highest BCUT2D eigenvalue weighted by atomic mass is 16.5. The van der Waals surface area contributed by atoms with Crippen LogP contribution < -0.4 is 15.0 Å². The van der Waals surface area contributed by atoms with E-state index >= 15 is 0 Å². The van der Waals surface area contributed by atoms with Gasteiger partial charge in [0.1, 0.15) is 30.0 Å². The molecule has 1 aliphatic rings. The summed E-state index contributed by atoms with van der Waals surface area (Å²) >= 11 is 0. The third-order valence-corrected chi connectivity index (χ3v) is 7.25. The van der Waals surface area contributed by atoms with Gasteiger partial charge in [-0.1, -0.05) is 11.2 Å². The molecular weight excluding hydrogens is 482 g/mol. The quantitative estimate of drug-likeness (QED) is 0.362. The number of aliphatic hydroxyl groups excluding tert-OH is 1. The average Bonchev–Trinajstić information content (AvgIpc) is 3.53. The van der Waals surface area contributed by atoms with Gasteiger partial charge in [-0.15, -0.1) is 0 Å². The molecule has 10 nitrogen and oxygen atoms in total. The highest BCUT2D eigenvalue weighted by Crippen LogP contribution is 2.38. The minimum atomic E-state index is -0.604.